The van der Waals surface area contributed by atoms with Crippen molar-refractivity contribution in [3.63, 3.8) is 0 Å². The monoisotopic (exact) mass is 369 g/mol. The molecule has 0 aliphatic rings. The molecule has 19 heavy (non-hydrogen) atoms. The highest BCUT2D eigenvalue weighted by Crippen LogP contribution is 2.28. The van der Waals surface area contributed by atoms with Crippen molar-refractivity contribution in [1.29, 1.82) is 0 Å². The van der Waals surface area contributed by atoms with Gasteiger partial charge in [-0.25, -0.2) is 9.97 Å². The molecule has 0 radical (unpaired) electrons. The van der Waals surface area contributed by atoms with Crippen LogP contribution in [0.1, 0.15) is 18.1 Å². The molecule has 1 aromatic carbocycles. The molecule has 0 amide bonds. The molecule has 4 nitrogen and oxygen atoms in total. The standard InChI is InChI=1S/C14H16IN3O/c1-4-16-14-11(15)7-17-13(18-14)10-5-8(2)12(19)9(3)6-10/h5-7,19H,4H2,1-3H3,(H,16,17,18). The molecule has 2 rings (SSSR count). The van der Waals surface area contributed by atoms with Crippen molar-refractivity contribution in [1.82, 2.24) is 9.97 Å². The van der Waals surface area contributed by atoms with E-state index in [9.17, 15) is 5.11 Å². The van der Waals surface area contributed by atoms with Crippen molar-refractivity contribution in [2.45, 2.75) is 20.8 Å². The second-order valence-corrected chi connectivity index (χ2v) is 5.54. The van der Waals surface area contributed by atoms with E-state index in [2.05, 4.69) is 37.9 Å². The Balaban J connectivity index is 2.50. The van der Waals surface area contributed by atoms with Gasteiger partial charge in [-0.2, -0.15) is 0 Å². The molecule has 1 aromatic heterocycles. The van der Waals surface area contributed by atoms with Gasteiger partial charge >= 0.3 is 0 Å². The summed E-state index contributed by atoms with van der Waals surface area (Å²) in [6.45, 7) is 6.61. The number of aromatic nitrogens is 2. The fraction of sp³-hybridized carbons (Fsp3) is 0.286. The van der Waals surface area contributed by atoms with Crippen molar-refractivity contribution in [2.75, 3.05) is 11.9 Å². The largest absolute Gasteiger partial charge is 0.507 e. The molecule has 1 heterocycles. The molecule has 0 saturated heterocycles. The Kier molecular flexibility index (Phi) is 4.24. The number of anilines is 1. The maximum Gasteiger partial charge on any atom is 0.161 e. The number of aryl methyl sites for hydroxylation is 2. The third-order valence-corrected chi connectivity index (χ3v) is 3.63. The van der Waals surface area contributed by atoms with Crippen molar-refractivity contribution >= 4 is 28.4 Å². The van der Waals surface area contributed by atoms with E-state index in [1.54, 1.807) is 6.20 Å². The van der Waals surface area contributed by atoms with Crippen LogP contribution in [0, 0.1) is 17.4 Å². The number of aromatic hydroxyl groups is 1. The van der Waals surface area contributed by atoms with Gasteiger partial charge in [0.15, 0.2) is 5.82 Å². The summed E-state index contributed by atoms with van der Waals surface area (Å²) in [6.07, 6.45) is 1.80. The van der Waals surface area contributed by atoms with Gasteiger partial charge in [-0.1, -0.05) is 0 Å². The number of benzene rings is 1. The van der Waals surface area contributed by atoms with E-state index in [4.69, 9.17) is 0 Å². The zero-order valence-corrected chi connectivity index (χ0v) is 13.3. The van der Waals surface area contributed by atoms with Crippen LogP contribution in [-0.4, -0.2) is 21.6 Å². The molecular formula is C14H16IN3O. The van der Waals surface area contributed by atoms with Crippen LogP contribution in [0.2, 0.25) is 0 Å². The van der Waals surface area contributed by atoms with E-state index in [1.807, 2.05) is 32.9 Å². The van der Waals surface area contributed by atoms with Gasteiger partial charge in [0, 0.05) is 18.3 Å². The fourth-order valence-corrected chi connectivity index (χ4v) is 2.33. The molecule has 2 aromatic rings. The van der Waals surface area contributed by atoms with Crippen LogP contribution in [0.4, 0.5) is 5.82 Å². The Bertz CT molecular complexity index is 591. The molecule has 100 valence electrons. The van der Waals surface area contributed by atoms with Crippen molar-refractivity contribution in [3.8, 4) is 17.1 Å². The first kappa shape index (κ1) is 14.0. The van der Waals surface area contributed by atoms with E-state index < -0.39 is 0 Å². The summed E-state index contributed by atoms with van der Waals surface area (Å²) in [7, 11) is 0. The van der Waals surface area contributed by atoms with Gasteiger partial charge < -0.3 is 10.4 Å². The highest BCUT2D eigenvalue weighted by atomic mass is 127. The van der Waals surface area contributed by atoms with Gasteiger partial charge in [-0.05, 0) is 66.6 Å². The Morgan fingerprint density at radius 1 is 1.26 bits per heavy atom. The van der Waals surface area contributed by atoms with Crippen LogP contribution in [-0.2, 0) is 0 Å². The fourth-order valence-electron chi connectivity index (χ4n) is 1.88. The number of nitrogens with zero attached hydrogens (tertiary/aromatic N) is 2. The molecular weight excluding hydrogens is 353 g/mol. The quantitative estimate of drug-likeness (QED) is 0.814. The van der Waals surface area contributed by atoms with Gasteiger partial charge in [0.25, 0.3) is 0 Å². The van der Waals surface area contributed by atoms with Gasteiger partial charge in [-0.3, -0.25) is 0 Å². The summed E-state index contributed by atoms with van der Waals surface area (Å²) in [5, 5.41) is 13.0. The Labute approximate surface area is 126 Å². The Hall–Kier alpha value is -1.37. The second-order valence-electron chi connectivity index (χ2n) is 4.38. The topological polar surface area (TPSA) is 58.0 Å². The molecule has 5 heteroatoms. The van der Waals surface area contributed by atoms with Gasteiger partial charge in [0.1, 0.15) is 11.6 Å². The lowest BCUT2D eigenvalue weighted by atomic mass is 10.1. The van der Waals surface area contributed by atoms with E-state index in [-0.39, 0.29) is 0 Å². The molecule has 0 unspecified atom stereocenters. The highest BCUT2D eigenvalue weighted by Gasteiger charge is 2.09. The number of rotatable bonds is 3. The summed E-state index contributed by atoms with van der Waals surface area (Å²) < 4.78 is 0.996. The summed E-state index contributed by atoms with van der Waals surface area (Å²) in [5.74, 6) is 1.85. The first-order valence-electron chi connectivity index (χ1n) is 6.10. The van der Waals surface area contributed by atoms with E-state index in [0.717, 1.165) is 32.6 Å². The molecule has 0 bridgehead atoms. The van der Waals surface area contributed by atoms with Crippen LogP contribution < -0.4 is 5.32 Å². The first-order valence-corrected chi connectivity index (χ1v) is 7.17. The molecule has 0 aliphatic heterocycles. The van der Waals surface area contributed by atoms with Crippen molar-refractivity contribution in [3.05, 3.63) is 33.0 Å². The highest BCUT2D eigenvalue weighted by molar-refractivity contribution is 14.1. The van der Waals surface area contributed by atoms with Crippen LogP contribution in [0.25, 0.3) is 11.4 Å². The van der Waals surface area contributed by atoms with Crippen LogP contribution >= 0.6 is 22.6 Å². The van der Waals surface area contributed by atoms with Crippen molar-refractivity contribution < 1.29 is 5.11 Å². The Morgan fingerprint density at radius 2 is 1.89 bits per heavy atom. The minimum absolute atomic E-state index is 0.334. The van der Waals surface area contributed by atoms with Gasteiger partial charge in [0.05, 0.1) is 3.57 Å². The van der Waals surface area contributed by atoms with E-state index in [1.165, 1.54) is 0 Å². The summed E-state index contributed by atoms with van der Waals surface area (Å²) in [6, 6.07) is 3.81. The predicted molar refractivity (Wildman–Crippen MR) is 85.5 cm³/mol. The maximum atomic E-state index is 9.81. The number of phenols is 1. The average molecular weight is 369 g/mol. The van der Waals surface area contributed by atoms with E-state index >= 15 is 0 Å². The number of hydrogen-bond acceptors (Lipinski definition) is 4. The predicted octanol–water partition coefficient (Wildman–Crippen LogP) is 3.50. The average Bonchev–Trinajstić information content (AvgIpc) is 2.38. The van der Waals surface area contributed by atoms with Gasteiger partial charge in [-0.15, -0.1) is 0 Å². The maximum absolute atomic E-state index is 9.81. The summed E-state index contributed by atoms with van der Waals surface area (Å²) in [4.78, 5) is 8.90. The molecule has 0 saturated carbocycles. The summed E-state index contributed by atoms with van der Waals surface area (Å²) in [5.41, 5.74) is 2.59. The lowest BCUT2D eigenvalue weighted by Gasteiger charge is -2.09. The molecule has 0 spiro atoms. The van der Waals surface area contributed by atoms with Gasteiger partial charge in [0.2, 0.25) is 0 Å². The van der Waals surface area contributed by atoms with E-state index in [0.29, 0.717) is 11.6 Å². The zero-order chi connectivity index (χ0) is 14.0. The minimum atomic E-state index is 0.334. The van der Waals surface area contributed by atoms with Crippen LogP contribution in [0.15, 0.2) is 18.3 Å². The van der Waals surface area contributed by atoms with Crippen molar-refractivity contribution in [2.24, 2.45) is 0 Å². The number of hydrogen-bond donors (Lipinski definition) is 2. The Morgan fingerprint density at radius 3 is 2.47 bits per heavy atom. The first-order chi connectivity index (χ1) is 9.02. The second kappa shape index (κ2) is 5.73. The van der Waals surface area contributed by atoms with Crippen LogP contribution in [0.5, 0.6) is 5.75 Å². The van der Waals surface area contributed by atoms with Crippen LogP contribution in [0.3, 0.4) is 0 Å². The normalized spacial score (nSPS) is 10.5. The number of phenolic OH excluding ortho intramolecular Hbond substituents is 1. The SMILES string of the molecule is CCNc1nc(-c2cc(C)c(O)c(C)c2)ncc1I. The third kappa shape index (κ3) is 2.97. The zero-order valence-electron chi connectivity index (χ0n) is 11.2. The lowest BCUT2D eigenvalue weighted by molar-refractivity contribution is 0.467. The molecule has 2 N–H and O–H groups in total. The molecule has 0 aliphatic carbocycles. The number of halogens is 1. The third-order valence-electron chi connectivity index (χ3n) is 2.84. The number of nitrogens with one attached hydrogen (secondary N) is 1. The molecule has 0 atom stereocenters. The lowest BCUT2D eigenvalue weighted by Crippen LogP contribution is -2.04. The molecule has 0 fully saturated rings. The summed E-state index contributed by atoms with van der Waals surface area (Å²) >= 11 is 2.21. The minimum Gasteiger partial charge on any atom is -0.507 e. The smallest absolute Gasteiger partial charge is 0.161 e.